The molecule has 0 saturated carbocycles. The lowest BCUT2D eigenvalue weighted by atomic mass is 10.1. The number of rotatable bonds is 5. The van der Waals surface area contributed by atoms with E-state index in [2.05, 4.69) is 5.32 Å². The Balaban J connectivity index is 1.95. The van der Waals surface area contributed by atoms with Crippen molar-refractivity contribution in [2.24, 2.45) is 5.14 Å². The zero-order valence-corrected chi connectivity index (χ0v) is 14.3. The van der Waals surface area contributed by atoms with Gasteiger partial charge in [-0.05, 0) is 42.3 Å². The van der Waals surface area contributed by atoms with Crippen molar-refractivity contribution in [1.29, 1.82) is 0 Å². The minimum atomic E-state index is -3.71. The van der Waals surface area contributed by atoms with Crippen LogP contribution in [0.1, 0.15) is 12.0 Å². The van der Waals surface area contributed by atoms with E-state index in [0.29, 0.717) is 22.2 Å². The van der Waals surface area contributed by atoms with Crippen molar-refractivity contribution >= 4 is 44.8 Å². The summed E-state index contributed by atoms with van der Waals surface area (Å²) in [5.74, 6) is -0.218. The van der Waals surface area contributed by atoms with Crippen LogP contribution in [-0.4, -0.2) is 14.3 Å². The third-order valence-electron chi connectivity index (χ3n) is 3.10. The Labute approximate surface area is 144 Å². The molecule has 3 N–H and O–H groups in total. The van der Waals surface area contributed by atoms with Crippen molar-refractivity contribution < 1.29 is 13.2 Å². The maximum absolute atomic E-state index is 11.9. The van der Waals surface area contributed by atoms with Crippen LogP contribution in [-0.2, 0) is 21.2 Å². The molecule has 0 aromatic heterocycles. The second kappa shape index (κ2) is 7.31. The van der Waals surface area contributed by atoms with E-state index < -0.39 is 10.0 Å². The van der Waals surface area contributed by atoms with Gasteiger partial charge < -0.3 is 5.32 Å². The van der Waals surface area contributed by atoms with Crippen LogP contribution in [0.5, 0.6) is 0 Å². The van der Waals surface area contributed by atoms with E-state index in [0.717, 1.165) is 5.56 Å². The van der Waals surface area contributed by atoms with Gasteiger partial charge in [-0.1, -0.05) is 35.3 Å². The molecular formula is C15H14Cl2N2O3S. The number of sulfonamides is 1. The van der Waals surface area contributed by atoms with Crippen LogP contribution in [0.3, 0.4) is 0 Å². The first-order valence-corrected chi connectivity index (χ1v) is 8.92. The van der Waals surface area contributed by atoms with Gasteiger partial charge >= 0.3 is 0 Å². The van der Waals surface area contributed by atoms with E-state index in [9.17, 15) is 13.2 Å². The van der Waals surface area contributed by atoms with Gasteiger partial charge in [0.25, 0.3) is 0 Å². The fourth-order valence-corrected chi connectivity index (χ4v) is 2.76. The first-order valence-electron chi connectivity index (χ1n) is 6.62. The maximum Gasteiger partial charge on any atom is 0.238 e. The lowest BCUT2D eigenvalue weighted by Gasteiger charge is -2.08. The number of carbonyl (C=O) groups is 1. The Kier molecular flexibility index (Phi) is 5.64. The van der Waals surface area contributed by atoms with Crippen molar-refractivity contribution in [1.82, 2.24) is 0 Å². The maximum atomic E-state index is 11.9. The van der Waals surface area contributed by atoms with E-state index in [1.165, 1.54) is 12.1 Å². The van der Waals surface area contributed by atoms with Crippen LogP contribution in [0.4, 0.5) is 5.69 Å². The second-order valence-corrected chi connectivity index (χ2v) is 7.27. The zero-order chi connectivity index (χ0) is 17.0. The number of nitrogens with two attached hydrogens (primary N) is 1. The van der Waals surface area contributed by atoms with E-state index in [1.54, 1.807) is 30.3 Å². The van der Waals surface area contributed by atoms with E-state index >= 15 is 0 Å². The fraction of sp³-hybridized carbons (Fsp3) is 0.133. The van der Waals surface area contributed by atoms with Gasteiger partial charge in [0.15, 0.2) is 0 Å². The van der Waals surface area contributed by atoms with Crippen LogP contribution < -0.4 is 10.5 Å². The number of amides is 1. The predicted molar refractivity (Wildman–Crippen MR) is 91.2 cm³/mol. The molecule has 0 aliphatic heterocycles. The van der Waals surface area contributed by atoms with Crippen LogP contribution in [0.2, 0.25) is 10.0 Å². The van der Waals surface area contributed by atoms with Gasteiger partial charge in [-0.3, -0.25) is 4.79 Å². The molecule has 0 bridgehead atoms. The Bertz CT molecular complexity index is 821. The molecule has 0 atom stereocenters. The number of hydrogen-bond acceptors (Lipinski definition) is 3. The van der Waals surface area contributed by atoms with Gasteiger partial charge in [0, 0.05) is 11.4 Å². The Morgan fingerprint density at radius 3 is 2.35 bits per heavy atom. The third-order valence-corrected chi connectivity index (χ3v) is 4.59. The highest BCUT2D eigenvalue weighted by Crippen LogP contribution is 2.25. The first kappa shape index (κ1) is 17.7. The molecule has 1 amide bonds. The molecule has 0 heterocycles. The monoisotopic (exact) mass is 372 g/mol. The average molecular weight is 373 g/mol. The average Bonchev–Trinajstić information content (AvgIpc) is 2.48. The summed E-state index contributed by atoms with van der Waals surface area (Å²) in [7, 11) is -3.71. The molecule has 122 valence electrons. The van der Waals surface area contributed by atoms with E-state index in [4.69, 9.17) is 28.3 Å². The molecule has 0 radical (unpaired) electrons. The molecule has 0 fully saturated rings. The molecule has 5 nitrogen and oxygen atoms in total. The molecule has 0 aliphatic rings. The number of anilines is 1. The summed E-state index contributed by atoms with van der Waals surface area (Å²) in [5, 5.41) is 8.59. The normalized spacial score (nSPS) is 11.3. The number of carbonyl (C=O) groups excluding carboxylic acids is 1. The van der Waals surface area contributed by atoms with Crippen LogP contribution >= 0.6 is 23.2 Å². The summed E-state index contributed by atoms with van der Waals surface area (Å²) in [5.41, 5.74) is 1.28. The molecule has 2 aromatic carbocycles. The Morgan fingerprint density at radius 2 is 1.74 bits per heavy atom. The number of benzene rings is 2. The van der Waals surface area contributed by atoms with Crippen molar-refractivity contribution in [2.75, 3.05) is 5.32 Å². The van der Waals surface area contributed by atoms with Crippen LogP contribution in [0.25, 0.3) is 0 Å². The minimum absolute atomic E-state index is 0.0383. The minimum Gasteiger partial charge on any atom is -0.325 e. The van der Waals surface area contributed by atoms with Crippen molar-refractivity contribution in [2.45, 2.75) is 17.7 Å². The van der Waals surface area contributed by atoms with E-state index in [1.807, 2.05) is 0 Å². The molecule has 2 rings (SSSR count). The zero-order valence-electron chi connectivity index (χ0n) is 11.9. The van der Waals surface area contributed by atoms with Crippen LogP contribution in [0, 0.1) is 0 Å². The summed E-state index contributed by atoms with van der Waals surface area (Å²) in [4.78, 5) is 12.0. The van der Waals surface area contributed by atoms with Gasteiger partial charge in [0.2, 0.25) is 15.9 Å². The topological polar surface area (TPSA) is 89.3 Å². The Morgan fingerprint density at radius 1 is 1.09 bits per heavy atom. The molecule has 23 heavy (non-hydrogen) atoms. The van der Waals surface area contributed by atoms with Gasteiger partial charge in [0.05, 0.1) is 15.6 Å². The lowest BCUT2D eigenvalue weighted by Crippen LogP contribution is -2.13. The Hall–Kier alpha value is -1.60. The molecule has 0 unspecified atom stereocenters. The highest BCUT2D eigenvalue weighted by Gasteiger charge is 2.09. The molecule has 0 spiro atoms. The van der Waals surface area contributed by atoms with E-state index in [-0.39, 0.29) is 17.2 Å². The van der Waals surface area contributed by atoms with Gasteiger partial charge in [-0.15, -0.1) is 0 Å². The van der Waals surface area contributed by atoms with Crippen molar-refractivity contribution in [3.8, 4) is 0 Å². The smallest absolute Gasteiger partial charge is 0.238 e. The predicted octanol–water partition coefficient (Wildman–Crippen LogP) is 3.21. The quantitative estimate of drug-likeness (QED) is 0.843. The molecular weight excluding hydrogens is 359 g/mol. The SMILES string of the molecule is NS(=O)(=O)c1ccc(CCC(=O)Nc2cc(Cl)ccc2Cl)cc1. The number of primary sulfonamides is 1. The second-order valence-electron chi connectivity index (χ2n) is 4.86. The van der Waals surface area contributed by atoms with Gasteiger partial charge in [-0.2, -0.15) is 0 Å². The number of hydrogen-bond donors (Lipinski definition) is 2. The van der Waals surface area contributed by atoms with Crippen LogP contribution in [0.15, 0.2) is 47.4 Å². The molecule has 8 heteroatoms. The van der Waals surface area contributed by atoms with Crippen molar-refractivity contribution in [3.63, 3.8) is 0 Å². The summed E-state index contributed by atoms with van der Waals surface area (Å²) < 4.78 is 22.3. The molecule has 0 aliphatic carbocycles. The summed E-state index contributed by atoms with van der Waals surface area (Å²) in [6, 6.07) is 10.9. The number of aryl methyl sites for hydroxylation is 1. The largest absolute Gasteiger partial charge is 0.325 e. The standard InChI is InChI=1S/C15H14Cl2N2O3S/c16-11-4-7-13(17)14(9-11)19-15(20)8-3-10-1-5-12(6-2-10)23(18,21)22/h1-2,4-7,9H,3,8H2,(H,19,20)(H2,18,21,22). The number of halogens is 2. The number of nitrogens with one attached hydrogen (secondary N) is 1. The summed E-state index contributed by atoms with van der Waals surface area (Å²) >= 11 is 11.8. The highest BCUT2D eigenvalue weighted by molar-refractivity contribution is 7.89. The third kappa shape index (κ3) is 5.21. The lowest BCUT2D eigenvalue weighted by molar-refractivity contribution is -0.116. The first-order chi connectivity index (χ1) is 10.8. The highest BCUT2D eigenvalue weighted by atomic mass is 35.5. The molecule has 2 aromatic rings. The fourth-order valence-electron chi connectivity index (χ4n) is 1.91. The molecule has 0 saturated heterocycles. The van der Waals surface area contributed by atoms with Gasteiger partial charge in [-0.25, -0.2) is 13.6 Å². The van der Waals surface area contributed by atoms with Gasteiger partial charge in [0.1, 0.15) is 0 Å². The summed E-state index contributed by atoms with van der Waals surface area (Å²) in [6.45, 7) is 0. The van der Waals surface area contributed by atoms with Crippen molar-refractivity contribution in [3.05, 3.63) is 58.1 Å². The summed E-state index contributed by atoms with van der Waals surface area (Å²) in [6.07, 6.45) is 0.673.